The van der Waals surface area contributed by atoms with Crippen molar-refractivity contribution in [2.45, 2.75) is 18.7 Å². The molecule has 122 valence electrons. The van der Waals surface area contributed by atoms with Gasteiger partial charge in [0, 0.05) is 20.8 Å². The summed E-state index contributed by atoms with van der Waals surface area (Å²) in [5.74, 6) is -2.15. The highest BCUT2D eigenvalue weighted by atomic mass is 31.2. The average Bonchev–Trinajstić information content (AvgIpc) is 2.54. The van der Waals surface area contributed by atoms with Crippen LogP contribution < -0.4 is 0 Å². The Morgan fingerprint density at radius 3 is 2.29 bits per heavy atom. The van der Waals surface area contributed by atoms with Gasteiger partial charge in [0.15, 0.2) is 0 Å². The van der Waals surface area contributed by atoms with E-state index in [-0.39, 0.29) is 25.0 Å². The summed E-state index contributed by atoms with van der Waals surface area (Å²) < 4.78 is 32.0. The zero-order valence-electron chi connectivity index (χ0n) is 12.6. The van der Waals surface area contributed by atoms with Gasteiger partial charge < -0.3 is 23.6 Å². The molecule has 1 aliphatic rings. The molecule has 0 saturated heterocycles. The predicted molar refractivity (Wildman–Crippen MR) is 75.8 cm³/mol. The SMILES string of the molecule is COC(=O)C(OC[C@@H]1CC=CC[C@@H]1CO)P(=O)(OC)OC. The van der Waals surface area contributed by atoms with Crippen molar-refractivity contribution in [3.05, 3.63) is 12.2 Å². The van der Waals surface area contributed by atoms with Crippen molar-refractivity contribution in [1.82, 2.24) is 0 Å². The van der Waals surface area contributed by atoms with Crippen molar-refractivity contribution >= 4 is 13.6 Å². The van der Waals surface area contributed by atoms with Crippen molar-refractivity contribution < 1.29 is 33.0 Å². The number of aliphatic hydroxyl groups is 1. The lowest BCUT2D eigenvalue weighted by atomic mass is 9.84. The van der Waals surface area contributed by atoms with E-state index in [1.165, 1.54) is 21.3 Å². The number of carbonyl (C=O) groups excluding carboxylic acids is 1. The van der Waals surface area contributed by atoms with Crippen LogP contribution in [0, 0.1) is 11.8 Å². The maximum Gasteiger partial charge on any atom is 0.370 e. The first-order valence-corrected chi connectivity index (χ1v) is 8.30. The maximum atomic E-state index is 12.3. The van der Waals surface area contributed by atoms with Crippen LogP contribution in [0.4, 0.5) is 0 Å². The third-order valence-electron chi connectivity index (χ3n) is 3.61. The fourth-order valence-electron chi connectivity index (χ4n) is 2.22. The van der Waals surface area contributed by atoms with E-state index in [1.807, 2.05) is 12.2 Å². The highest BCUT2D eigenvalue weighted by Crippen LogP contribution is 2.52. The Morgan fingerprint density at radius 2 is 1.81 bits per heavy atom. The minimum Gasteiger partial charge on any atom is -0.467 e. The average molecular weight is 322 g/mol. The third-order valence-corrected chi connectivity index (χ3v) is 5.56. The Balaban J connectivity index is 2.76. The maximum absolute atomic E-state index is 12.3. The molecule has 7 nitrogen and oxygen atoms in total. The largest absolute Gasteiger partial charge is 0.467 e. The lowest BCUT2D eigenvalue weighted by Crippen LogP contribution is -2.32. The molecule has 1 rings (SSSR count). The van der Waals surface area contributed by atoms with Gasteiger partial charge in [-0.1, -0.05) is 12.2 Å². The molecule has 0 amide bonds. The Kier molecular flexibility index (Phi) is 7.56. The number of rotatable bonds is 8. The normalized spacial score (nSPS) is 23.8. The number of allylic oxidation sites excluding steroid dienone is 2. The summed E-state index contributed by atoms with van der Waals surface area (Å²) >= 11 is 0. The van der Waals surface area contributed by atoms with E-state index < -0.39 is 19.4 Å². The Morgan fingerprint density at radius 1 is 1.24 bits per heavy atom. The first-order valence-electron chi connectivity index (χ1n) is 6.68. The molecule has 0 aromatic heterocycles. The van der Waals surface area contributed by atoms with Crippen molar-refractivity contribution in [3.8, 4) is 0 Å². The first kappa shape index (κ1) is 18.3. The van der Waals surface area contributed by atoms with Gasteiger partial charge in [-0.25, -0.2) is 4.79 Å². The van der Waals surface area contributed by atoms with E-state index in [0.29, 0.717) is 0 Å². The Hall–Kier alpha value is -0.720. The van der Waals surface area contributed by atoms with Gasteiger partial charge >= 0.3 is 13.6 Å². The van der Waals surface area contributed by atoms with Gasteiger partial charge in [-0.3, -0.25) is 4.57 Å². The van der Waals surface area contributed by atoms with Crippen LogP contribution in [-0.4, -0.2) is 51.5 Å². The minimum absolute atomic E-state index is 0.0352. The predicted octanol–water partition coefficient (Wildman–Crippen LogP) is 1.56. The highest BCUT2D eigenvalue weighted by Gasteiger charge is 2.43. The van der Waals surface area contributed by atoms with Crippen LogP contribution in [0.15, 0.2) is 12.2 Å². The zero-order chi connectivity index (χ0) is 15.9. The molecule has 1 aliphatic carbocycles. The zero-order valence-corrected chi connectivity index (χ0v) is 13.5. The number of ether oxygens (including phenoxy) is 2. The van der Waals surface area contributed by atoms with Gasteiger partial charge in [0.2, 0.25) is 0 Å². The molecule has 0 aromatic rings. The molecule has 0 saturated carbocycles. The Bertz CT molecular complexity index is 401. The molecule has 1 N–H and O–H groups in total. The second kappa shape index (κ2) is 8.66. The van der Waals surface area contributed by atoms with Crippen LogP contribution in [0.2, 0.25) is 0 Å². The monoisotopic (exact) mass is 322 g/mol. The fraction of sp³-hybridized carbons (Fsp3) is 0.769. The molecule has 3 atom stereocenters. The fourth-order valence-corrected chi connectivity index (χ4v) is 3.39. The van der Waals surface area contributed by atoms with E-state index in [0.717, 1.165) is 12.8 Å². The second-order valence-electron chi connectivity index (χ2n) is 4.76. The van der Waals surface area contributed by atoms with Crippen LogP contribution in [0.1, 0.15) is 12.8 Å². The van der Waals surface area contributed by atoms with Crippen LogP contribution in [0.25, 0.3) is 0 Å². The molecule has 0 fully saturated rings. The number of carbonyl (C=O) groups is 1. The van der Waals surface area contributed by atoms with E-state index in [4.69, 9.17) is 13.8 Å². The molecule has 0 radical (unpaired) electrons. The van der Waals surface area contributed by atoms with Crippen LogP contribution >= 0.6 is 7.60 Å². The molecule has 8 heteroatoms. The lowest BCUT2D eigenvalue weighted by Gasteiger charge is -2.29. The van der Waals surface area contributed by atoms with Gasteiger partial charge in [-0.2, -0.15) is 0 Å². The standard InChI is InChI=1S/C13H23O7P/c1-17-12(15)13(21(16,18-2)19-3)20-9-11-7-5-4-6-10(11)8-14/h4-5,10-11,13-14H,6-9H2,1-3H3/t10-,11+,13?/m1/s1. The molecule has 0 aliphatic heterocycles. The first-order chi connectivity index (χ1) is 10.0. The molecule has 1 unspecified atom stereocenters. The van der Waals surface area contributed by atoms with Gasteiger partial charge in [0.25, 0.3) is 5.85 Å². The summed E-state index contributed by atoms with van der Waals surface area (Å²) in [6.07, 6.45) is 5.48. The summed E-state index contributed by atoms with van der Waals surface area (Å²) in [6, 6.07) is 0. The van der Waals surface area contributed by atoms with Crippen LogP contribution in [-0.2, 0) is 27.9 Å². The number of hydrogen-bond acceptors (Lipinski definition) is 7. The van der Waals surface area contributed by atoms with Crippen molar-refractivity contribution in [1.29, 1.82) is 0 Å². The third kappa shape index (κ3) is 4.63. The van der Waals surface area contributed by atoms with Crippen molar-refractivity contribution in [2.24, 2.45) is 11.8 Å². The quantitative estimate of drug-likeness (QED) is 0.412. The number of methoxy groups -OCH3 is 1. The Labute approximate surface area is 124 Å². The van der Waals surface area contributed by atoms with Crippen molar-refractivity contribution in [3.63, 3.8) is 0 Å². The van der Waals surface area contributed by atoms with E-state index in [1.54, 1.807) is 0 Å². The summed E-state index contributed by atoms with van der Waals surface area (Å²) in [4.78, 5) is 11.8. The van der Waals surface area contributed by atoms with E-state index in [2.05, 4.69) is 4.74 Å². The summed E-state index contributed by atoms with van der Waals surface area (Å²) in [7, 11) is -0.194. The second-order valence-corrected chi connectivity index (χ2v) is 7.04. The molecule has 21 heavy (non-hydrogen) atoms. The van der Waals surface area contributed by atoms with E-state index >= 15 is 0 Å². The topological polar surface area (TPSA) is 91.3 Å². The van der Waals surface area contributed by atoms with Crippen LogP contribution in [0.3, 0.4) is 0 Å². The molecule has 0 bridgehead atoms. The molecular formula is C13H23O7P. The summed E-state index contributed by atoms with van der Waals surface area (Å²) in [5, 5.41) is 9.35. The summed E-state index contributed by atoms with van der Waals surface area (Å²) in [5.41, 5.74) is 0. The molecule has 0 spiro atoms. The lowest BCUT2D eigenvalue weighted by molar-refractivity contribution is -0.150. The minimum atomic E-state index is -3.74. The molecule has 0 heterocycles. The van der Waals surface area contributed by atoms with Gasteiger partial charge in [-0.15, -0.1) is 0 Å². The van der Waals surface area contributed by atoms with Gasteiger partial charge in [0.05, 0.1) is 13.7 Å². The molecular weight excluding hydrogens is 299 g/mol. The number of esters is 1. The smallest absolute Gasteiger partial charge is 0.370 e. The summed E-state index contributed by atoms with van der Waals surface area (Å²) in [6.45, 7) is 0.194. The number of aliphatic hydroxyl groups excluding tert-OH is 1. The van der Waals surface area contributed by atoms with Gasteiger partial charge in [0.1, 0.15) is 0 Å². The number of hydrogen-bond donors (Lipinski definition) is 1. The molecule has 0 aromatic carbocycles. The van der Waals surface area contributed by atoms with Gasteiger partial charge in [-0.05, 0) is 24.7 Å². The van der Waals surface area contributed by atoms with E-state index in [9.17, 15) is 14.5 Å². The van der Waals surface area contributed by atoms with Crippen molar-refractivity contribution in [2.75, 3.05) is 34.5 Å². The highest BCUT2D eigenvalue weighted by molar-refractivity contribution is 7.55. The van der Waals surface area contributed by atoms with Crippen LogP contribution in [0.5, 0.6) is 0 Å².